The fraction of sp³-hybridized carbons (Fsp3) is 0.462. The molecule has 2 aromatic rings. The monoisotopic (exact) mass is 404 g/mol. The fourth-order valence-electron chi connectivity index (χ4n) is 4.88. The maximum Gasteiger partial charge on any atom is 0.255 e. The van der Waals surface area contributed by atoms with Gasteiger partial charge in [0.1, 0.15) is 5.54 Å². The zero-order valence-corrected chi connectivity index (χ0v) is 17.9. The van der Waals surface area contributed by atoms with Crippen molar-refractivity contribution in [3.8, 4) is 0 Å². The molecule has 0 saturated heterocycles. The molecule has 1 aliphatic heterocycles. The summed E-state index contributed by atoms with van der Waals surface area (Å²) in [6, 6.07) is 17.9. The van der Waals surface area contributed by atoms with Gasteiger partial charge in [0, 0.05) is 24.6 Å². The Morgan fingerprint density at radius 2 is 1.60 bits per heavy atom. The first-order chi connectivity index (χ1) is 14.6. The van der Waals surface area contributed by atoms with Gasteiger partial charge in [-0.25, -0.2) is 0 Å². The van der Waals surface area contributed by atoms with Crippen LogP contribution in [0, 0.1) is 0 Å². The normalized spacial score (nSPS) is 22.7. The summed E-state index contributed by atoms with van der Waals surface area (Å²) in [7, 11) is 0. The predicted octanol–water partition coefficient (Wildman–Crippen LogP) is 4.87. The van der Waals surface area contributed by atoms with E-state index in [4.69, 9.17) is 0 Å². The van der Waals surface area contributed by atoms with Crippen molar-refractivity contribution in [2.75, 3.05) is 0 Å². The Morgan fingerprint density at radius 3 is 2.33 bits per heavy atom. The summed E-state index contributed by atoms with van der Waals surface area (Å²) in [5.41, 5.74) is 1.81. The van der Waals surface area contributed by atoms with Crippen molar-refractivity contribution in [3.05, 3.63) is 71.3 Å². The van der Waals surface area contributed by atoms with Crippen molar-refractivity contribution < 1.29 is 9.59 Å². The van der Waals surface area contributed by atoms with E-state index >= 15 is 0 Å². The third kappa shape index (κ3) is 4.28. The summed E-state index contributed by atoms with van der Waals surface area (Å²) in [6.45, 7) is 2.37. The van der Waals surface area contributed by atoms with Crippen molar-refractivity contribution in [2.45, 2.75) is 76.4 Å². The van der Waals surface area contributed by atoms with Gasteiger partial charge in [-0.05, 0) is 37.0 Å². The topological polar surface area (TPSA) is 49.4 Å². The van der Waals surface area contributed by atoms with E-state index in [1.54, 1.807) is 4.90 Å². The van der Waals surface area contributed by atoms with Crippen LogP contribution in [0.3, 0.4) is 0 Å². The van der Waals surface area contributed by atoms with Crippen molar-refractivity contribution in [1.29, 1.82) is 0 Å². The summed E-state index contributed by atoms with van der Waals surface area (Å²) in [5, 5.41) is 3.33. The van der Waals surface area contributed by atoms with Crippen molar-refractivity contribution in [1.82, 2.24) is 10.2 Å². The number of amides is 2. The van der Waals surface area contributed by atoms with E-state index in [1.165, 1.54) is 19.3 Å². The largest absolute Gasteiger partial charge is 0.351 e. The summed E-state index contributed by atoms with van der Waals surface area (Å²) < 4.78 is 0. The van der Waals surface area contributed by atoms with Crippen LogP contribution in [0.4, 0.5) is 0 Å². The van der Waals surface area contributed by atoms with Gasteiger partial charge in [0.05, 0.1) is 0 Å². The average molecular weight is 405 g/mol. The molecule has 1 fully saturated rings. The summed E-state index contributed by atoms with van der Waals surface area (Å²) in [4.78, 5) is 28.9. The van der Waals surface area contributed by atoms with Gasteiger partial charge in [-0.1, -0.05) is 80.6 Å². The zero-order chi connectivity index (χ0) is 21.0. The van der Waals surface area contributed by atoms with Gasteiger partial charge in [0.25, 0.3) is 5.91 Å². The average Bonchev–Trinajstić information content (AvgIpc) is 2.73. The number of nitrogens with one attached hydrogen (secondary N) is 1. The van der Waals surface area contributed by atoms with Gasteiger partial charge in [-0.15, -0.1) is 0 Å². The van der Waals surface area contributed by atoms with Gasteiger partial charge >= 0.3 is 0 Å². The lowest BCUT2D eigenvalue weighted by Gasteiger charge is -2.44. The number of benzene rings is 2. The number of carbonyl (C=O) groups excluding carboxylic acids is 2. The number of hydrogen-bond acceptors (Lipinski definition) is 2. The molecule has 2 amide bonds. The van der Waals surface area contributed by atoms with Crippen LogP contribution in [-0.4, -0.2) is 28.3 Å². The number of hydrogen-bond donors (Lipinski definition) is 1. The van der Waals surface area contributed by atoms with Gasteiger partial charge in [-0.2, -0.15) is 0 Å². The van der Waals surface area contributed by atoms with Crippen LogP contribution in [-0.2, 0) is 17.8 Å². The van der Waals surface area contributed by atoms with E-state index in [0.717, 1.165) is 36.8 Å². The van der Waals surface area contributed by atoms with Crippen molar-refractivity contribution in [2.24, 2.45) is 0 Å². The summed E-state index contributed by atoms with van der Waals surface area (Å²) in [5.74, 6) is -0.0807. The van der Waals surface area contributed by atoms with Crippen LogP contribution >= 0.6 is 0 Å². The second kappa shape index (κ2) is 9.03. The van der Waals surface area contributed by atoms with Crippen LogP contribution in [0.2, 0.25) is 0 Å². The summed E-state index contributed by atoms with van der Waals surface area (Å²) in [6.07, 6.45) is 8.73. The Hall–Kier alpha value is -2.62. The Labute approximate surface area is 179 Å². The minimum atomic E-state index is -0.899. The standard InChI is InChI=1S/C26H32N2O2/c1-26(25(30)27-22-15-8-3-2-4-9-16-22)18-21-14-10-11-17-23(21)24(29)28(26)19-20-12-6-5-7-13-20/h5-7,10-14,17,22H,2-4,8-9,15-16,18-19H2,1H3,(H,27,30)/t26-/m0/s1. The number of nitrogens with zero attached hydrogens (tertiary/aromatic N) is 1. The molecular weight excluding hydrogens is 372 g/mol. The van der Waals surface area contributed by atoms with E-state index in [1.807, 2.05) is 61.5 Å². The summed E-state index contributed by atoms with van der Waals surface area (Å²) >= 11 is 0. The molecule has 1 heterocycles. The molecule has 4 heteroatoms. The molecule has 0 aromatic heterocycles. The second-order valence-corrected chi connectivity index (χ2v) is 9.00. The van der Waals surface area contributed by atoms with Gasteiger partial charge < -0.3 is 10.2 Å². The molecule has 2 aliphatic rings. The molecule has 0 radical (unpaired) electrons. The predicted molar refractivity (Wildman–Crippen MR) is 119 cm³/mol. The van der Waals surface area contributed by atoms with Crippen LogP contribution in [0.5, 0.6) is 0 Å². The molecule has 158 valence electrons. The fourth-order valence-corrected chi connectivity index (χ4v) is 4.88. The first-order valence-electron chi connectivity index (χ1n) is 11.3. The lowest BCUT2D eigenvalue weighted by molar-refractivity contribution is -0.132. The molecule has 4 nitrogen and oxygen atoms in total. The minimum absolute atomic E-state index is 0.0214. The van der Waals surface area contributed by atoms with Crippen LogP contribution in [0.15, 0.2) is 54.6 Å². The number of carbonyl (C=O) groups is 2. The lowest BCUT2D eigenvalue weighted by atomic mass is 9.82. The molecule has 1 saturated carbocycles. The molecule has 4 rings (SSSR count). The molecular formula is C26H32N2O2. The van der Waals surface area contributed by atoms with E-state index in [2.05, 4.69) is 5.32 Å². The maximum atomic E-state index is 13.6. The molecule has 1 atom stereocenters. The molecule has 1 N–H and O–H groups in total. The Morgan fingerprint density at radius 1 is 0.967 bits per heavy atom. The SMILES string of the molecule is C[C@@]1(C(=O)NC2CCCCCCC2)Cc2ccccc2C(=O)N1Cc1ccccc1. The van der Waals surface area contributed by atoms with E-state index in [0.29, 0.717) is 18.5 Å². The third-order valence-electron chi connectivity index (χ3n) is 6.74. The Bertz CT molecular complexity index is 887. The maximum absolute atomic E-state index is 13.6. The Balaban J connectivity index is 1.62. The smallest absolute Gasteiger partial charge is 0.255 e. The van der Waals surface area contributed by atoms with Gasteiger partial charge in [0.2, 0.25) is 5.91 Å². The molecule has 30 heavy (non-hydrogen) atoms. The van der Waals surface area contributed by atoms with Crippen LogP contribution < -0.4 is 5.32 Å². The molecule has 2 aromatic carbocycles. The highest BCUT2D eigenvalue weighted by Crippen LogP contribution is 2.33. The van der Waals surface area contributed by atoms with E-state index < -0.39 is 5.54 Å². The zero-order valence-electron chi connectivity index (χ0n) is 17.9. The highest BCUT2D eigenvalue weighted by atomic mass is 16.2. The van der Waals surface area contributed by atoms with Crippen molar-refractivity contribution in [3.63, 3.8) is 0 Å². The Kier molecular flexibility index (Phi) is 6.21. The van der Waals surface area contributed by atoms with Crippen LogP contribution in [0.25, 0.3) is 0 Å². The van der Waals surface area contributed by atoms with E-state index in [9.17, 15) is 9.59 Å². The van der Waals surface area contributed by atoms with E-state index in [-0.39, 0.29) is 17.9 Å². The second-order valence-electron chi connectivity index (χ2n) is 9.00. The quantitative estimate of drug-likeness (QED) is 0.790. The molecule has 0 bridgehead atoms. The molecule has 1 aliphatic carbocycles. The third-order valence-corrected chi connectivity index (χ3v) is 6.74. The first kappa shape index (κ1) is 20.6. The molecule has 0 unspecified atom stereocenters. The number of rotatable bonds is 4. The van der Waals surface area contributed by atoms with Gasteiger partial charge in [-0.3, -0.25) is 9.59 Å². The molecule has 0 spiro atoms. The first-order valence-corrected chi connectivity index (χ1v) is 11.3. The number of fused-ring (bicyclic) bond motifs is 1. The lowest BCUT2D eigenvalue weighted by Crippen LogP contribution is -2.63. The van der Waals surface area contributed by atoms with Crippen LogP contribution in [0.1, 0.15) is 73.4 Å². The highest BCUT2D eigenvalue weighted by Gasteiger charge is 2.47. The minimum Gasteiger partial charge on any atom is -0.351 e. The highest BCUT2D eigenvalue weighted by molar-refractivity contribution is 6.02. The van der Waals surface area contributed by atoms with Gasteiger partial charge in [0.15, 0.2) is 0 Å². The van der Waals surface area contributed by atoms with Crippen molar-refractivity contribution >= 4 is 11.8 Å².